The topological polar surface area (TPSA) is 15.3 Å². The smallest absolute Gasteiger partial charge is 0.0574 e. The van der Waals surface area contributed by atoms with Crippen molar-refractivity contribution in [3.05, 3.63) is 0 Å². The fourth-order valence-corrected chi connectivity index (χ4v) is 1.71. The Bertz CT molecular complexity index is 207. The van der Waals surface area contributed by atoms with Crippen molar-refractivity contribution in [1.82, 2.24) is 10.2 Å². The Balaban J connectivity index is 2.10. The van der Waals surface area contributed by atoms with Crippen molar-refractivity contribution >= 4 is 0 Å². The van der Waals surface area contributed by atoms with Gasteiger partial charge in [0.05, 0.1) is 6.54 Å². The summed E-state index contributed by atoms with van der Waals surface area (Å²) in [6, 6.07) is 0.580. The van der Waals surface area contributed by atoms with Crippen LogP contribution in [0.3, 0.4) is 0 Å². The van der Waals surface area contributed by atoms with Crippen molar-refractivity contribution in [1.29, 1.82) is 0 Å². The summed E-state index contributed by atoms with van der Waals surface area (Å²) in [4.78, 5) is 2.43. The van der Waals surface area contributed by atoms with Crippen LogP contribution < -0.4 is 5.32 Å². The molecule has 2 heteroatoms. The lowest BCUT2D eigenvalue weighted by atomic mass is 10.2. The molecule has 0 bridgehead atoms. The van der Waals surface area contributed by atoms with E-state index in [0.29, 0.717) is 12.6 Å². The Hall–Kier alpha value is -0.520. The van der Waals surface area contributed by atoms with Gasteiger partial charge in [-0.15, -0.1) is 6.42 Å². The highest BCUT2D eigenvalue weighted by atomic mass is 15.1. The maximum atomic E-state index is 5.17. The van der Waals surface area contributed by atoms with E-state index < -0.39 is 0 Å². The predicted molar refractivity (Wildman–Crippen MR) is 61.1 cm³/mol. The number of nitrogens with zero attached hydrogens (tertiary/aromatic N) is 1. The lowest BCUT2D eigenvalue weighted by Crippen LogP contribution is -2.39. The van der Waals surface area contributed by atoms with Crippen molar-refractivity contribution in [2.75, 3.05) is 26.7 Å². The van der Waals surface area contributed by atoms with Crippen LogP contribution in [0, 0.1) is 24.2 Å². The molecule has 0 amide bonds. The molecule has 80 valence electrons. The molecule has 1 fully saturated rings. The van der Waals surface area contributed by atoms with Gasteiger partial charge in [0, 0.05) is 19.1 Å². The third kappa shape index (κ3) is 3.69. The van der Waals surface area contributed by atoms with E-state index in [4.69, 9.17) is 6.42 Å². The maximum Gasteiger partial charge on any atom is 0.0574 e. The van der Waals surface area contributed by atoms with Crippen LogP contribution in [0.15, 0.2) is 0 Å². The molecular weight excluding hydrogens is 172 g/mol. The van der Waals surface area contributed by atoms with Crippen LogP contribution in [0.1, 0.15) is 20.3 Å². The fourth-order valence-electron chi connectivity index (χ4n) is 1.71. The van der Waals surface area contributed by atoms with Crippen LogP contribution in [0.25, 0.3) is 0 Å². The summed E-state index contributed by atoms with van der Waals surface area (Å²) in [7, 11) is 2.20. The van der Waals surface area contributed by atoms with Crippen molar-refractivity contribution in [2.45, 2.75) is 26.3 Å². The second-order valence-corrected chi connectivity index (χ2v) is 4.60. The average Bonchev–Trinajstić information content (AvgIpc) is 2.82. The molecular formula is C12H22N2. The van der Waals surface area contributed by atoms with Gasteiger partial charge in [-0.1, -0.05) is 12.8 Å². The summed E-state index contributed by atoms with van der Waals surface area (Å²) >= 11 is 0. The second kappa shape index (κ2) is 5.38. The number of nitrogens with one attached hydrogen (secondary N) is 1. The maximum absolute atomic E-state index is 5.17. The molecule has 0 spiro atoms. The molecule has 0 aliphatic heterocycles. The van der Waals surface area contributed by atoms with Gasteiger partial charge >= 0.3 is 0 Å². The minimum absolute atomic E-state index is 0.580. The minimum Gasteiger partial charge on any atom is -0.305 e. The Morgan fingerprint density at radius 3 is 2.79 bits per heavy atom. The van der Waals surface area contributed by atoms with Gasteiger partial charge in [-0.2, -0.15) is 0 Å². The molecule has 0 aromatic heterocycles. The van der Waals surface area contributed by atoms with Gasteiger partial charge in [-0.25, -0.2) is 0 Å². The SMILES string of the molecule is C#CCNCC(C)N(C)CC1CC1C. The molecule has 3 atom stereocenters. The molecule has 1 saturated carbocycles. The molecule has 3 unspecified atom stereocenters. The zero-order chi connectivity index (χ0) is 10.6. The third-order valence-corrected chi connectivity index (χ3v) is 3.22. The molecule has 1 N–H and O–H groups in total. The van der Waals surface area contributed by atoms with Gasteiger partial charge in [0.1, 0.15) is 0 Å². The van der Waals surface area contributed by atoms with E-state index in [2.05, 4.69) is 37.0 Å². The first-order valence-electron chi connectivity index (χ1n) is 5.49. The Morgan fingerprint density at radius 1 is 1.64 bits per heavy atom. The van der Waals surface area contributed by atoms with Gasteiger partial charge in [0.25, 0.3) is 0 Å². The van der Waals surface area contributed by atoms with Crippen LogP contribution >= 0.6 is 0 Å². The van der Waals surface area contributed by atoms with Crippen LogP contribution in [-0.2, 0) is 0 Å². The fraction of sp³-hybridized carbons (Fsp3) is 0.833. The zero-order valence-electron chi connectivity index (χ0n) is 9.59. The molecule has 1 aliphatic rings. The highest BCUT2D eigenvalue weighted by molar-refractivity contribution is 4.88. The third-order valence-electron chi connectivity index (χ3n) is 3.22. The molecule has 0 aromatic rings. The second-order valence-electron chi connectivity index (χ2n) is 4.60. The lowest BCUT2D eigenvalue weighted by Gasteiger charge is -2.24. The highest BCUT2D eigenvalue weighted by Gasteiger charge is 2.33. The van der Waals surface area contributed by atoms with Gasteiger partial charge in [-0.05, 0) is 32.2 Å². The van der Waals surface area contributed by atoms with Gasteiger partial charge in [-0.3, -0.25) is 0 Å². The van der Waals surface area contributed by atoms with Crippen LogP contribution in [0.2, 0.25) is 0 Å². The minimum atomic E-state index is 0.580. The van der Waals surface area contributed by atoms with Crippen LogP contribution in [0.5, 0.6) is 0 Å². The molecule has 14 heavy (non-hydrogen) atoms. The standard InChI is InChI=1S/C12H22N2/c1-5-6-13-8-11(3)14(4)9-12-7-10(12)2/h1,10-13H,6-9H2,2-4H3. The zero-order valence-corrected chi connectivity index (χ0v) is 9.59. The Morgan fingerprint density at radius 2 is 2.29 bits per heavy atom. The van der Waals surface area contributed by atoms with Crippen LogP contribution in [0.4, 0.5) is 0 Å². The summed E-state index contributed by atoms with van der Waals surface area (Å²) in [6.07, 6.45) is 6.59. The number of likely N-dealkylation sites (N-methyl/N-ethyl adjacent to an activating group) is 1. The quantitative estimate of drug-likeness (QED) is 0.504. The summed E-state index contributed by atoms with van der Waals surface area (Å²) in [5.74, 6) is 4.48. The number of hydrogen-bond donors (Lipinski definition) is 1. The monoisotopic (exact) mass is 194 g/mol. The summed E-state index contributed by atoms with van der Waals surface area (Å²) < 4.78 is 0. The summed E-state index contributed by atoms with van der Waals surface area (Å²) in [5, 5.41) is 3.24. The van der Waals surface area contributed by atoms with E-state index in [0.717, 1.165) is 18.4 Å². The van der Waals surface area contributed by atoms with Crippen molar-refractivity contribution in [3.63, 3.8) is 0 Å². The summed E-state index contributed by atoms with van der Waals surface area (Å²) in [5.41, 5.74) is 0. The Kier molecular flexibility index (Phi) is 4.44. The number of hydrogen-bond acceptors (Lipinski definition) is 2. The van der Waals surface area contributed by atoms with E-state index in [1.165, 1.54) is 13.0 Å². The lowest BCUT2D eigenvalue weighted by molar-refractivity contribution is 0.240. The first-order valence-corrected chi connectivity index (χ1v) is 5.49. The van der Waals surface area contributed by atoms with E-state index in [9.17, 15) is 0 Å². The summed E-state index contributed by atoms with van der Waals surface area (Å²) in [6.45, 7) is 7.48. The number of terminal acetylenes is 1. The van der Waals surface area contributed by atoms with E-state index in [1.54, 1.807) is 0 Å². The predicted octanol–water partition coefficient (Wildman–Crippen LogP) is 1.19. The normalized spacial score (nSPS) is 27.4. The van der Waals surface area contributed by atoms with Gasteiger partial charge < -0.3 is 10.2 Å². The average molecular weight is 194 g/mol. The molecule has 0 aromatic carbocycles. The largest absolute Gasteiger partial charge is 0.305 e. The van der Waals surface area contributed by atoms with Crippen molar-refractivity contribution in [2.24, 2.45) is 11.8 Å². The van der Waals surface area contributed by atoms with E-state index in [1.807, 2.05) is 0 Å². The first kappa shape index (κ1) is 11.6. The Labute approximate surface area is 88.1 Å². The van der Waals surface area contributed by atoms with Crippen molar-refractivity contribution in [3.8, 4) is 12.3 Å². The van der Waals surface area contributed by atoms with Crippen LogP contribution in [-0.4, -0.2) is 37.6 Å². The van der Waals surface area contributed by atoms with E-state index in [-0.39, 0.29) is 0 Å². The molecule has 1 aliphatic carbocycles. The first-order chi connectivity index (χ1) is 6.65. The molecule has 0 heterocycles. The van der Waals surface area contributed by atoms with E-state index >= 15 is 0 Å². The molecule has 2 nitrogen and oxygen atoms in total. The number of rotatable bonds is 6. The van der Waals surface area contributed by atoms with Gasteiger partial charge in [0.2, 0.25) is 0 Å². The highest BCUT2D eigenvalue weighted by Crippen LogP contribution is 2.38. The van der Waals surface area contributed by atoms with Gasteiger partial charge in [0.15, 0.2) is 0 Å². The molecule has 0 saturated heterocycles. The molecule has 1 rings (SSSR count). The molecule has 0 radical (unpaired) electrons. The van der Waals surface area contributed by atoms with Crippen molar-refractivity contribution < 1.29 is 0 Å².